The van der Waals surface area contributed by atoms with Crippen LogP contribution in [0.2, 0.25) is 0 Å². The second-order valence-electron chi connectivity index (χ2n) is 8.24. The standard InChI is InChI=1S/C23H26N2O6S4/c24-17-19-11-12-23(32-19)34(28,29)21-9-4-10-22(16-21)35(30,31)25-14-5-6-18(25)13-15-33(26,27)20-7-2-1-3-8-20/h1-4,7-12,16,18H,5-6,13-15,17,24H2/t18-/m0/s1. The summed E-state index contributed by atoms with van der Waals surface area (Å²) >= 11 is 1.05. The van der Waals surface area contributed by atoms with Crippen LogP contribution < -0.4 is 5.73 Å². The van der Waals surface area contributed by atoms with Crippen molar-refractivity contribution in [3.05, 3.63) is 71.6 Å². The van der Waals surface area contributed by atoms with E-state index < -0.39 is 35.7 Å². The summed E-state index contributed by atoms with van der Waals surface area (Å²) < 4.78 is 79.9. The van der Waals surface area contributed by atoms with Crippen LogP contribution in [0.15, 0.2) is 85.6 Å². The zero-order valence-corrected chi connectivity index (χ0v) is 22.0. The van der Waals surface area contributed by atoms with Gasteiger partial charge in [-0.2, -0.15) is 4.31 Å². The highest BCUT2D eigenvalue weighted by Crippen LogP contribution is 2.32. The van der Waals surface area contributed by atoms with Crippen LogP contribution in [-0.2, 0) is 36.2 Å². The van der Waals surface area contributed by atoms with Crippen LogP contribution in [-0.4, -0.2) is 47.9 Å². The Morgan fingerprint density at radius 3 is 2.23 bits per heavy atom. The van der Waals surface area contributed by atoms with Gasteiger partial charge in [0.2, 0.25) is 19.9 Å². The number of thiophene rings is 1. The van der Waals surface area contributed by atoms with Gasteiger partial charge in [0.25, 0.3) is 0 Å². The second-order valence-corrected chi connectivity index (χ2v) is 15.6. The number of sulfonamides is 1. The predicted octanol–water partition coefficient (Wildman–Crippen LogP) is 3.06. The van der Waals surface area contributed by atoms with E-state index in [4.69, 9.17) is 5.73 Å². The molecular formula is C23H26N2O6S4. The number of rotatable bonds is 9. The lowest BCUT2D eigenvalue weighted by Crippen LogP contribution is -2.36. The van der Waals surface area contributed by atoms with Crippen LogP contribution in [0.4, 0.5) is 0 Å². The predicted molar refractivity (Wildman–Crippen MR) is 134 cm³/mol. The van der Waals surface area contributed by atoms with Gasteiger partial charge in [-0.05, 0) is 61.7 Å². The lowest BCUT2D eigenvalue weighted by Gasteiger charge is -2.24. The maximum absolute atomic E-state index is 13.5. The van der Waals surface area contributed by atoms with Gasteiger partial charge in [0, 0.05) is 24.0 Å². The highest BCUT2D eigenvalue weighted by molar-refractivity contribution is 7.93. The summed E-state index contributed by atoms with van der Waals surface area (Å²) in [5.74, 6) is -0.177. The molecule has 1 fully saturated rings. The van der Waals surface area contributed by atoms with E-state index in [2.05, 4.69) is 0 Å². The van der Waals surface area contributed by atoms with Gasteiger partial charge in [0.1, 0.15) is 4.21 Å². The number of benzene rings is 2. The monoisotopic (exact) mass is 554 g/mol. The van der Waals surface area contributed by atoms with Crippen LogP contribution in [0.25, 0.3) is 0 Å². The van der Waals surface area contributed by atoms with Crippen LogP contribution in [0.5, 0.6) is 0 Å². The average molecular weight is 555 g/mol. The third-order valence-electron chi connectivity index (χ3n) is 5.97. The molecule has 35 heavy (non-hydrogen) atoms. The number of nitrogens with two attached hydrogens (primary N) is 1. The van der Waals surface area contributed by atoms with Crippen LogP contribution in [0.1, 0.15) is 24.1 Å². The van der Waals surface area contributed by atoms with Gasteiger partial charge in [-0.3, -0.25) is 0 Å². The molecule has 3 aromatic rings. The van der Waals surface area contributed by atoms with Crippen molar-refractivity contribution in [2.75, 3.05) is 12.3 Å². The van der Waals surface area contributed by atoms with E-state index in [0.29, 0.717) is 17.7 Å². The van der Waals surface area contributed by atoms with Crippen molar-refractivity contribution in [1.29, 1.82) is 0 Å². The third kappa shape index (κ3) is 5.37. The summed E-state index contributed by atoms with van der Waals surface area (Å²) in [6, 6.07) is 16.0. The first kappa shape index (κ1) is 26.0. The lowest BCUT2D eigenvalue weighted by molar-refractivity contribution is 0.379. The first-order chi connectivity index (χ1) is 16.6. The maximum Gasteiger partial charge on any atom is 0.243 e. The Bertz CT molecular complexity index is 1510. The fraction of sp³-hybridized carbons (Fsp3) is 0.304. The van der Waals surface area contributed by atoms with Gasteiger partial charge in [-0.15, -0.1) is 11.3 Å². The summed E-state index contributed by atoms with van der Waals surface area (Å²) in [5, 5.41) is 0. The highest BCUT2D eigenvalue weighted by atomic mass is 32.2. The number of hydrogen-bond donors (Lipinski definition) is 1. The van der Waals surface area contributed by atoms with E-state index in [-0.39, 0.29) is 44.2 Å². The zero-order chi connectivity index (χ0) is 25.3. The van der Waals surface area contributed by atoms with Crippen molar-refractivity contribution in [1.82, 2.24) is 4.31 Å². The molecule has 2 heterocycles. The molecule has 0 bridgehead atoms. The highest BCUT2D eigenvalue weighted by Gasteiger charge is 2.36. The maximum atomic E-state index is 13.5. The molecule has 1 saturated heterocycles. The van der Waals surface area contributed by atoms with Crippen molar-refractivity contribution < 1.29 is 25.3 Å². The van der Waals surface area contributed by atoms with E-state index >= 15 is 0 Å². The van der Waals surface area contributed by atoms with Crippen molar-refractivity contribution in [2.45, 2.75) is 50.7 Å². The summed E-state index contributed by atoms with van der Waals surface area (Å²) in [4.78, 5) is 0.660. The average Bonchev–Trinajstić information content (AvgIpc) is 3.54. The topological polar surface area (TPSA) is 132 Å². The Hall–Kier alpha value is -2.09. The van der Waals surface area contributed by atoms with Crippen LogP contribution in [0, 0.1) is 0 Å². The first-order valence-electron chi connectivity index (χ1n) is 11.0. The van der Waals surface area contributed by atoms with Crippen molar-refractivity contribution in [3.63, 3.8) is 0 Å². The smallest absolute Gasteiger partial charge is 0.243 e. The fourth-order valence-corrected chi connectivity index (χ4v) is 10.0. The molecule has 0 amide bonds. The molecule has 0 unspecified atom stereocenters. The molecule has 0 spiro atoms. The third-order valence-corrected chi connectivity index (χ3v) is 13.0. The molecule has 1 aliphatic rings. The SMILES string of the molecule is NCc1ccc(S(=O)(=O)c2cccc(S(=O)(=O)N3CCC[C@H]3CCS(=O)(=O)c3ccccc3)c2)s1. The molecular weight excluding hydrogens is 529 g/mol. The fourth-order valence-electron chi connectivity index (χ4n) is 4.12. The molecule has 8 nitrogen and oxygen atoms in total. The van der Waals surface area contributed by atoms with Gasteiger partial charge in [-0.1, -0.05) is 24.3 Å². The normalized spacial score (nSPS) is 17.6. The number of sulfone groups is 2. The lowest BCUT2D eigenvalue weighted by atomic mass is 10.2. The number of nitrogens with zero attached hydrogens (tertiary/aromatic N) is 1. The summed E-state index contributed by atoms with van der Waals surface area (Å²) in [6.45, 7) is 0.463. The quantitative estimate of drug-likeness (QED) is 0.430. The minimum absolute atomic E-state index is 0.0951. The summed E-state index contributed by atoms with van der Waals surface area (Å²) in [6.07, 6.45) is 1.30. The Morgan fingerprint density at radius 2 is 1.54 bits per heavy atom. The first-order valence-corrected chi connectivity index (χ1v) is 16.4. The Morgan fingerprint density at radius 1 is 0.857 bits per heavy atom. The molecule has 1 aromatic heterocycles. The molecule has 0 radical (unpaired) electrons. The van der Waals surface area contributed by atoms with Crippen molar-refractivity contribution in [2.24, 2.45) is 5.73 Å². The van der Waals surface area contributed by atoms with Gasteiger partial charge >= 0.3 is 0 Å². The van der Waals surface area contributed by atoms with Gasteiger partial charge in [0.15, 0.2) is 9.84 Å². The molecule has 0 saturated carbocycles. The molecule has 188 valence electrons. The molecule has 12 heteroatoms. The van der Waals surface area contributed by atoms with Crippen molar-refractivity contribution >= 4 is 41.0 Å². The summed E-state index contributed by atoms with van der Waals surface area (Å²) in [5.41, 5.74) is 5.59. The summed E-state index contributed by atoms with van der Waals surface area (Å²) in [7, 11) is -11.5. The molecule has 2 aromatic carbocycles. The van der Waals surface area contributed by atoms with E-state index in [1.807, 2.05) is 0 Å². The van der Waals surface area contributed by atoms with E-state index in [9.17, 15) is 25.3 Å². The van der Waals surface area contributed by atoms with Crippen molar-refractivity contribution in [3.8, 4) is 0 Å². The Balaban J connectivity index is 1.57. The largest absolute Gasteiger partial charge is 0.326 e. The Labute approximate surface area is 210 Å². The van der Waals surface area contributed by atoms with E-state index in [1.165, 1.54) is 46.8 Å². The molecule has 1 atom stereocenters. The molecule has 2 N–H and O–H groups in total. The van der Waals surface area contributed by atoms with Gasteiger partial charge in [0.05, 0.1) is 20.4 Å². The molecule has 4 rings (SSSR count). The second kappa shape index (κ2) is 10.1. The minimum Gasteiger partial charge on any atom is -0.326 e. The zero-order valence-electron chi connectivity index (χ0n) is 18.8. The van der Waals surface area contributed by atoms with Gasteiger partial charge in [-0.25, -0.2) is 25.3 Å². The van der Waals surface area contributed by atoms with Crippen LogP contribution >= 0.6 is 11.3 Å². The van der Waals surface area contributed by atoms with Crippen LogP contribution in [0.3, 0.4) is 0 Å². The molecule has 1 aliphatic heterocycles. The molecule has 0 aliphatic carbocycles. The minimum atomic E-state index is -4.03. The van der Waals surface area contributed by atoms with Gasteiger partial charge < -0.3 is 5.73 Å². The number of hydrogen-bond acceptors (Lipinski definition) is 8. The van der Waals surface area contributed by atoms with E-state index in [1.54, 1.807) is 24.3 Å². The van der Waals surface area contributed by atoms with E-state index in [0.717, 1.165) is 11.3 Å². The Kier molecular flexibility index (Phi) is 7.51.